The molecule has 2 aromatic rings. The summed E-state index contributed by atoms with van der Waals surface area (Å²) in [7, 11) is 1.59. The van der Waals surface area contributed by atoms with Gasteiger partial charge < -0.3 is 15.0 Å². The zero-order chi connectivity index (χ0) is 12.4. The van der Waals surface area contributed by atoms with E-state index in [1.54, 1.807) is 7.11 Å². The van der Waals surface area contributed by atoms with Crippen LogP contribution in [-0.2, 0) is 0 Å². The van der Waals surface area contributed by atoms with E-state index in [2.05, 4.69) is 20.3 Å². The van der Waals surface area contributed by atoms with Crippen LogP contribution in [0.1, 0.15) is 32.1 Å². The standard InChI is InChI=1S/C13H18N4O/c1-18-13-16-11-10(7-8-14-11)12(17-13)15-9-5-3-2-4-6-9/h7-9H,2-6H2,1H3,(H2,14,15,16,17). The normalized spacial score (nSPS) is 16.9. The van der Waals surface area contributed by atoms with Crippen molar-refractivity contribution in [1.29, 1.82) is 0 Å². The number of aromatic amines is 1. The van der Waals surface area contributed by atoms with Crippen molar-refractivity contribution in [3.05, 3.63) is 12.3 Å². The molecule has 5 heteroatoms. The minimum Gasteiger partial charge on any atom is -0.467 e. The zero-order valence-electron chi connectivity index (χ0n) is 10.6. The quantitative estimate of drug-likeness (QED) is 0.874. The van der Waals surface area contributed by atoms with Gasteiger partial charge in [-0.1, -0.05) is 19.3 Å². The van der Waals surface area contributed by atoms with Gasteiger partial charge in [0.2, 0.25) is 0 Å². The highest BCUT2D eigenvalue weighted by Gasteiger charge is 2.16. The van der Waals surface area contributed by atoms with Crippen LogP contribution in [-0.4, -0.2) is 28.1 Å². The summed E-state index contributed by atoms with van der Waals surface area (Å²) >= 11 is 0. The Balaban J connectivity index is 1.91. The average Bonchev–Trinajstić information content (AvgIpc) is 2.88. The van der Waals surface area contributed by atoms with Crippen LogP contribution >= 0.6 is 0 Å². The van der Waals surface area contributed by atoms with Gasteiger partial charge in [0.15, 0.2) is 0 Å². The van der Waals surface area contributed by atoms with Crippen LogP contribution in [0.2, 0.25) is 0 Å². The third-order valence-electron chi connectivity index (χ3n) is 3.52. The first kappa shape index (κ1) is 11.3. The van der Waals surface area contributed by atoms with Crippen LogP contribution in [0, 0.1) is 0 Å². The molecule has 0 amide bonds. The largest absolute Gasteiger partial charge is 0.467 e. The van der Waals surface area contributed by atoms with Crippen molar-refractivity contribution in [1.82, 2.24) is 15.0 Å². The zero-order valence-corrected chi connectivity index (χ0v) is 10.6. The second-order valence-electron chi connectivity index (χ2n) is 4.78. The van der Waals surface area contributed by atoms with Crippen molar-refractivity contribution in [2.24, 2.45) is 0 Å². The fourth-order valence-electron chi connectivity index (χ4n) is 2.56. The lowest BCUT2D eigenvalue weighted by atomic mass is 9.95. The molecule has 0 atom stereocenters. The number of H-pyrrole nitrogens is 1. The van der Waals surface area contributed by atoms with Crippen molar-refractivity contribution >= 4 is 16.9 Å². The molecule has 1 aliphatic carbocycles. The van der Waals surface area contributed by atoms with Gasteiger partial charge in [0.25, 0.3) is 0 Å². The van der Waals surface area contributed by atoms with E-state index in [4.69, 9.17) is 4.74 Å². The molecule has 0 unspecified atom stereocenters. The molecule has 0 spiro atoms. The fraction of sp³-hybridized carbons (Fsp3) is 0.538. The Hall–Kier alpha value is -1.78. The molecule has 5 nitrogen and oxygen atoms in total. The summed E-state index contributed by atoms with van der Waals surface area (Å²) in [6.07, 6.45) is 8.28. The van der Waals surface area contributed by atoms with Gasteiger partial charge in [0.1, 0.15) is 11.5 Å². The SMILES string of the molecule is COc1nc(NC2CCCCC2)c2cc[nH]c2n1. The number of ether oxygens (including phenoxy) is 1. The summed E-state index contributed by atoms with van der Waals surface area (Å²) in [5.74, 6) is 0.880. The van der Waals surface area contributed by atoms with Gasteiger partial charge in [0, 0.05) is 12.2 Å². The number of nitrogens with zero attached hydrogens (tertiary/aromatic N) is 2. The molecule has 96 valence electrons. The maximum Gasteiger partial charge on any atom is 0.320 e. The molecule has 1 aliphatic rings. The van der Waals surface area contributed by atoms with Crippen LogP contribution in [0.5, 0.6) is 6.01 Å². The van der Waals surface area contributed by atoms with E-state index in [0.717, 1.165) is 16.9 Å². The molecule has 1 saturated carbocycles. The first-order valence-corrected chi connectivity index (χ1v) is 6.52. The van der Waals surface area contributed by atoms with Crippen LogP contribution in [0.15, 0.2) is 12.3 Å². The predicted molar refractivity (Wildman–Crippen MR) is 70.9 cm³/mol. The minimum absolute atomic E-state index is 0.406. The van der Waals surface area contributed by atoms with Gasteiger partial charge in [-0.15, -0.1) is 0 Å². The number of rotatable bonds is 3. The highest BCUT2D eigenvalue weighted by molar-refractivity contribution is 5.87. The van der Waals surface area contributed by atoms with E-state index >= 15 is 0 Å². The number of nitrogens with one attached hydrogen (secondary N) is 2. The molecule has 3 rings (SSSR count). The molecule has 0 saturated heterocycles. The molecular formula is C13H18N4O. The maximum absolute atomic E-state index is 5.14. The average molecular weight is 246 g/mol. The number of methoxy groups -OCH3 is 1. The van der Waals surface area contributed by atoms with Crippen molar-refractivity contribution in [2.45, 2.75) is 38.1 Å². The molecule has 0 bridgehead atoms. The maximum atomic E-state index is 5.14. The second-order valence-corrected chi connectivity index (χ2v) is 4.78. The Morgan fingerprint density at radius 1 is 1.28 bits per heavy atom. The molecule has 18 heavy (non-hydrogen) atoms. The minimum atomic E-state index is 0.406. The van der Waals surface area contributed by atoms with Crippen LogP contribution < -0.4 is 10.1 Å². The summed E-state index contributed by atoms with van der Waals surface area (Å²) < 4.78 is 5.14. The number of fused-ring (bicyclic) bond motifs is 1. The van der Waals surface area contributed by atoms with Gasteiger partial charge in [-0.05, 0) is 18.9 Å². The highest BCUT2D eigenvalue weighted by atomic mass is 16.5. The van der Waals surface area contributed by atoms with Gasteiger partial charge in [0.05, 0.1) is 12.5 Å². The molecular weight excluding hydrogens is 228 g/mol. The monoisotopic (exact) mass is 246 g/mol. The Kier molecular flexibility index (Phi) is 3.04. The van der Waals surface area contributed by atoms with Crippen LogP contribution in [0.4, 0.5) is 5.82 Å². The van der Waals surface area contributed by atoms with Gasteiger partial charge in [-0.2, -0.15) is 9.97 Å². The Labute approximate surface area is 106 Å². The summed E-state index contributed by atoms with van der Waals surface area (Å²) in [4.78, 5) is 11.8. The Morgan fingerprint density at radius 3 is 2.89 bits per heavy atom. The van der Waals surface area contributed by atoms with E-state index in [-0.39, 0.29) is 0 Å². The van der Waals surface area contributed by atoms with E-state index in [1.807, 2.05) is 12.3 Å². The summed E-state index contributed by atoms with van der Waals surface area (Å²) in [5, 5.41) is 4.56. The molecule has 2 N–H and O–H groups in total. The van der Waals surface area contributed by atoms with Crippen LogP contribution in [0.3, 0.4) is 0 Å². The van der Waals surface area contributed by atoms with E-state index < -0.39 is 0 Å². The topological polar surface area (TPSA) is 62.8 Å². The van der Waals surface area contributed by atoms with Crippen molar-refractivity contribution in [3.63, 3.8) is 0 Å². The molecule has 2 aromatic heterocycles. The van der Waals surface area contributed by atoms with Crippen molar-refractivity contribution < 1.29 is 4.74 Å². The Bertz CT molecular complexity index is 531. The Morgan fingerprint density at radius 2 is 2.11 bits per heavy atom. The number of hydrogen-bond acceptors (Lipinski definition) is 4. The molecule has 0 aromatic carbocycles. The second kappa shape index (κ2) is 4.84. The first-order chi connectivity index (χ1) is 8.86. The molecule has 0 radical (unpaired) electrons. The first-order valence-electron chi connectivity index (χ1n) is 6.52. The number of anilines is 1. The summed E-state index contributed by atoms with van der Waals surface area (Å²) in [6.45, 7) is 0. The predicted octanol–water partition coefficient (Wildman–Crippen LogP) is 2.71. The summed E-state index contributed by atoms with van der Waals surface area (Å²) in [6, 6.07) is 2.93. The van der Waals surface area contributed by atoms with E-state index in [1.165, 1.54) is 32.1 Å². The van der Waals surface area contributed by atoms with Crippen molar-refractivity contribution in [3.8, 4) is 6.01 Å². The number of hydrogen-bond donors (Lipinski definition) is 2. The van der Waals surface area contributed by atoms with E-state index in [9.17, 15) is 0 Å². The van der Waals surface area contributed by atoms with Crippen molar-refractivity contribution in [2.75, 3.05) is 12.4 Å². The van der Waals surface area contributed by atoms with Gasteiger partial charge in [-0.3, -0.25) is 0 Å². The smallest absolute Gasteiger partial charge is 0.320 e. The third kappa shape index (κ3) is 2.12. The fourth-order valence-corrected chi connectivity index (χ4v) is 2.56. The van der Waals surface area contributed by atoms with Gasteiger partial charge in [-0.25, -0.2) is 0 Å². The lowest BCUT2D eigenvalue weighted by molar-refractivity contribution is 0.381. The third-order valence-corrected chi connectivity index (χ3v) is 3.52. The van der Waals surface area contributed by atoms with Crippen LogP contribution in [0.25, 0.3) is 11.0 Å². The lowest BCUT2D eigenvalue weighted by Crippen LogP contribution is -2.23. The molecule has 0 aliphatic heterocycles. The molecule has 2 heterocycles. The summed E-state index contributed by atoms with van der Waals surface area (Å²) in [5.41, 5.74) is 0.820. The van der Waals surface area contributed by atoms with E-state index in [0.29, 0.717) is 12.1 Å². The highest BCUT2D eigenvalue weighted by Crippen LogP contribution is 2.26. The molecule has 1 fully saturated rings. The lowest BCUT2D eigenvalue weighted by Gasteiger charge is -2.23. The van der Waals surface area contributed by atoms with Gasteiger partial charge >= 0.3 is 6.01 Å². The number of aromatic nitrogens is 3.